The number of ether oxygens (including phenoxy) is 1. The molecule has 0 unspecified atom stereocenters. The SMILES string of the molecule is C=C/C=C\C1=C(C)C(=O)N(Cc2cc(C3=CC=C(F)CC3)cc(C(=O)OCC)n2)C1=O. The van der Waals surface area contributed by atoms with Crippen LogP contribution in [0.15, 0.2) is 66.1 Å². The van der Waals surface area contributed by atoms with E-state index in [1.165, 1.54) is 12.2 Å². The molecule has 0 saturated carbocycles. The highest BCUT2D eigenvalue weighted by Gasteiger charge is 2.35. The molecule has 2 aliphatic rings. The summed E-state index contributed by atoms with van der Waals surface area (Å²) >= 11 is 0. The van der Waals surface area contributed by atoms with Gasteiger partial charge in [-0.3, -0.25) is 14.5 Å². The van der Waals surface area contributed by atoms with Gasteiger partial charge in [-0.15, -0.1) is 0 Å². The summed E-state index contributed by atoms with van der Waals surface area (Å²) in [6, 6.07) is 3.29. The van der Waals surface area contributed by atoms with Gasteiger partial charge < -0.3 is 4.74 Å². The quantitative estimate of drug-likeness (QED) is 0.374. The average Bonchev–Trinajstić information content (AvgIpc) is 2.96. The highest BCUT2D eigenvalue weighted by Crippen LogP contribution is 2.29. The lowest BCUT2D eigenvalue weighted by atomic mass is 9.96. The number of imide groups is 1. The first-order valence-electron chi connectivity index (χ1n) is 9.95. The molecule has 2 amide bonds. The van der Waals surface area contributed by atoms with Crippen molar-refractivity contribution in [2.45, 2.75) is 33.2 Å². The minimum atomic E-state index is -0.605. The van der Waals surface area contributed by atoms with Gasteiger partial charge >= 0.3 is 5.97 Å². The standard InChI is InChI=1S/C24H23FN2O4/c1-4-6-7-20-15(3)22(28)27(23(20)29)14-19-12-17(16-8-10-18(25)11-9-16)13-21(26-19)24(30)31-5-2/h4,6-8,10,12-13H,1,5,9,11,14H2,2-3H3/b7-6-. The number of carbonyl (C=O) groups is 3. The summed E-state index contributed by atoms with van der Waals surface area (Å²) in [4.78, 5) is 43.1. The van der Waals surface area contributed by atoms with Gasteiger partial charge in [0.1, 0.15) is 11.5 Å². The molecule has 0 atom stereocenters. The molecular weight excluding hydrogens is 399 g/mol. The zero-order chi connectivity index (χ0) is 22.5. The molecule has 0 fully saturated rings. The fraction of sp³-hybridized carbons (Fsp3) is 0.250. The summed E-state index contributed by atoms with van der Waals surface area (Å²) in [6.07, 6.45) is 8.44. The monoisotopic (exact) mass is 422 g/mol. The van der Waals surface area contributed by atoms with Crippen LogP contribution in [0.3, 0.4) is 0 Å². The van der Waals surface area contributed by atoms with E-state index in [1.807, 2.05) is 0 Å². The van der Waals surface area contributed by atoms with E-state index in [4.69, 9.17) is 4.74 Å². The summed E-state index contributed by atoms with van der Waals surface area (Å²) in [5.74, 6) is -1.67. The van der Waals surface area contributed by atoms with Gasteiger partial charge in [0.15, 0.2) is 0 Å². The lowest BCUT2D eigenvalue weighted by Crippen LogP contribution is -2.31. The van der Waals surface area contributed by atoms with Crippen LogP contribution in [0.4, 0.5) is 4.39 Å². The first kappa shape index (κ1) is 22.1. The van der Waals surface area contributed by atoms with Crippen LogP contribution >= 0.6 is 0 Å². The van der Waals surface area contributed by atoms with Crippen molar-refractivity contribution in [3.8, 4) is 0 Å². The molecule has 7 heteroatoms. The number of nitrogens with zero attached hydrogens (tertiary/aromatic N) is 2. The lowest BCUT2D eigenvalue weighted by molar-refractivity contribution is -0.138. The van der Waals surface area contributed by atoms with Crippen LogP contribution in [-0.2, 0) is 20.9 Å². The molecule has 1 aliphatic carbocycles. The molecule has 1 aliphatic heterocycles. The Morgan fingerprint density at radius 1 is 1.26 bits per heavy atom. The number of aromatic nitrogens is 1. The van der Waals surface area contributed by atoms with Gasteiger partial charge in [0, 0.05) is 17.6 Å². The number of esters is 1. The Hall–Kier alpha value is -3.61. The normalized spacial score (nSPS) is 16.7. The second-order valence-electron chi connectivity index (χ2n) is 7.09. The fourth-order valence-corrected chi connectivity index (χ4v) is 3.40. The Morgan fingerprint density at radius 3 is 2.68 bits per heavy atom. The van der Waals surface area contributed by atoms with Crippen molar-refractivity contribution in [3.63, 3.8) is 0 Å². The van der Waals surface area contributed by atoms with Crippen LogP contribution in [-0.4, -0.2) is 34.3 Å². The zero-order valence-electron chi connectivity index (χ0n) is 17.5. The minimum Gasteiger partial charge on any atom is -0.461 e. The molecule has 31 heavy (non-hydrogen) atoms. The van der Waals surface area contributed by atoms with Crippen LogP contribution in [0.1, 0.15) is 48.4 Å². The lowest BCUT2D eigenvalue weighted by Gasteiger charge is -2.17. The van der Waals surface area contributed by atoms with Crippen molar-refractivity contribution in [1.82, 2.24) is 9.88 Å². The molecular formula is C24H23FN2O4. The van der Waals surface area contributed by atoms with E-state index in [1.54, 1.807) is 44.2 Å². The Balaban J connectivity index is 1.96. The number of hydrogen-bond acceptors (Lipinski definition) is 5. The molecule has 0 bridgehead atoms. The predicted octanol–water partition coefficient (Wildman–Crippen LogP) is 4.22. The van der Waals surface area contributed by atoms with E-state index >= 15 is 0 Å². The van der Waals surface area contributed by atoms with Crippen LogP contribution in [0, 0.1) is 0 Å². The first-order chi connectivity index (χ1) is 14.8. The largest absolute Gasteiger partial charge is 0.461 e. The summed E-state index contributed by atoms with van der Waals surface area (Å²) in [7, 11) is 0. The number of pyridine rings is 1. The summed E-state index contributed by atoms with van der Waals surface area (Å²) in [5, 5.41) is 0. The smallest absolute Gasteiger partial charge is 0.356 e. The molecule has 0 saturated heterocycles. The van der Waals surface area contributed by atoms with Gasteiger partial charge in [-0.1, -0.05) is 24.8 Å². The van der Waals surface area contributed by atoms with Gasteiger partial charge in [0.25, 0.3) is 11.8 Å². The maximum atomic E-state index is 13.4. The van der Waals surface area contributed by atoms with Crippen molar-refractivity contribution in [2.24, 2.45) is 0 Å². The van der Waals surface area contributed by atoms with Gasteiger partial charge in [-0.2, -0.15) is 0 Å². The predicted molar refractivity (Wildman–Crippen MR) is 114 cm³/mol. The third kappa shape index (κ3) is 4.77. The number of carbonyl (C=O) groups excluding carboxylic acids is 3. The van der Waals surface area contributed by atoms with Gasteiger partial charge in [0.05, 0.1) is 18.8 Å². The third-order valence-electron chi connectivity index (χ3n) is 5.00. The van der Waals surface area contributed by atoms with Crippen LogP contribution < -0.4 is 0 Å². The van der Waals surface area contributed by atoms with Gasteiger partial charge in [-0.05, 0) is 55.7 Å². The van der Waals surface area contributed by atoms with Gasteiger partial charge in [-0.25, -0.2) is 14.2 Å². The van der Waals surface area contributed by atoms with E-state index in [9.17, 15) is 18.8 Å². The molecule has 2 heterocycles. The first-order valence-corrected chi connectivity index (χ1v) is 9.95. The second-order valence-corrected chi connectivity index (χ2v) is 7.09. The van der Waals surface area contributed by atoms with Crippen LogP contribution in [0.25, 0.3) is 5.57 Å². The highest BCUT2D eigenvalue weighted by atomic mass is 19.1. The van der Waals surface area contributed by atoms with E-state index in [-0.39, 0.29) is 31.1 Å². The van der Waals surface area contributed by atoms with Crippen molar-refractivity contribution in [1.29, 1.82) is 0 Å². The summed E-state index contributed by atoms with van der Waals surface area (Å²) < 4.78 is 18.5. The molecule has 0 spiro atoms. The molecule has 3 rings (SSSR count). The van der Waals surface area contributed by atoms with Crippen LogP contribution in [0.2, 0.25) is 0 Å². The second kappa shape index (κ2) is 9.47. The third-order valence-corrected chi connectivity index (χ3v) is 5.00. The number of amides is 2. The molecule has 1 aromatic rings. The summed E-state index contributed by atoms with van der Waals surface area (Å²) in [5.41, 5.74) is 2.56. The Kier molecular flexibility index (Phi) is 6.74. The van der Waals surface area contributed by atoms with Gasteiger partial charge in [0.2, 0.25) is 0 Å². The van der Waals surface area contributed by atoms with E-state index in [0.29, 0.717) is 28.8 Å². The fourth-order valence-electron chi connectivity index (χ4n) is 3.40. The minimum absolute atomic E-state index is 0.0702. The Morgan fingerprint density at radius 2 is 2.03 bits per heavy atom. The Labute approximate surface area is 180 Å². The highest BCUT2D eigenvalue weighted by molar-refractivity contribution is 6.20. The molecule has 160 valence electrons. The number of hydrogen-bond donors (Lipinski definition) is 0. The van der Waals surface area contributed by atoms with Crippen molar-refractivity contribution in [2.75, 3.05) is 6.61 Å². The molecule has 0 radical (unpaired) electrons. The molecule has 6 nitrogen and oxygen atoms in total. The number of halogens is 1. The van der Waals surface area contributed by atoms with E-state index in [2.05, 4.69) is 11.6 Å². The van der Waals surface area contributed by atoms with Crippen molar-refractivity contribution >= 4 is 23.4 Å². The number of rotatable bonds is 7. The topological polar surface area (TPSA) is 76.6 Å². The molecule has 1 aromatic heterocycles. The van der Waals surface area contributed by atoms with Crippen LogP contribution in [0.5, 0.6) is 0 Å². The van der Waals surface area contributed by atoms with E-state index in [0.717, 1.165) is 10.5 Å². The van der Waals surface area contributed by atoms with E-state index < -0.39 is 17.8 Å². The maximum Gasteiger partial charge on any atom is 0.356 e. The van der Waals surface area contributed by atoms with Crippen molar-refractivity contribution in [3.05, 3.63) is 83.0 Å². The van der Waals surface area contributed by atoms with Crippen molar-refractivity contribution < 1.29 is 23.5 Å². The Bertz CT molecular complexity index is 1080. The molecule has 0 N–H and O–H groups in total. The summed E-state index contributed by atoms with van der Waals surface area (Å²) in [6.45, 7) is 6.93. The number of allylic oxidation sites excluding steroid dienone is 6. The zero-order valence-corrected chi connectivity index (χ0v) is 17.5. The average molecular weight is 422 g/mol. The molecule has 0 aromatic carbocycles. The maximum absolute atomic E-state index is 13.4.